The lowest BCUT2D eigenvalue weighted by atomic mass is 10.0. The first kappa shape index (κ1) is 17.3. The van der Waals surface area contributed by atoms with Crippen LogP contribution in [0.5, 0.6) is 0 Å². The lowest BCUT2D eigenvalue weighted by molar-refractivity contribution is -0.119. The van der Waals surface area contributed by atoms with Crippen molar-refractivity contribution in [3.8, 4) is 0 Å². The van der Waals surface area contributed by atoms with Crippen molar-refractivity contribution < 1.29 is 9.59 Å². The van der Waals surface area contributed by atoms with E-state index in [0.29, 0.717) is 18.7 Å². The zero-order valence-electron chi connectivity index (χ0n) is 15.6. The highest BCUT2D eigenvalue weighted by Crippen LogP contribution is 2.31. The molecule has 1 atom stereocenters. The quantitative estimate of drug-likeness (QED) is 0.743. The van der Waals surface area contributed by atoms with Gasteiger partial charge in [-0.15, -0.1) is 0 Å². The maximum atomic E-state index is 13.2. The van der Waals surface area contributed by atoms with Gasteiger partial charge in [0.05, 0.1) is 23.7 Å². The fourth-order valence-electron chi connectivity index (χ4n) is 3.74. The van der Waals surface area contributed by atoms with Crippen molar-refractivity contribution in [3.63, 3.8) is 0 Å². The Morgan fingerprint density at radius 3 is 2.78 bits per heavy atom. The summed E-state index contributed by atoms with van der Waals surface area (Å²) in [6.07, 6.45) is 3.16. The van der Waals surface area contributed by atoms with Gasteiger partial charge in [0.15, 0.2) is 0 Å². The van der Waals surface area contributed by atoms with Crippen molar-refractivity contribution in [1.29, 1.82) is 0 Å². The smallest absolute Gasteiger partial charge is 0.231 e. The van der Waals surface area contributed by atoms with Crippen LogP contribution in [0.4, 0.5) is 11.4 Å². The maximum absolute atomic E-state index is 13.2. The number of benzene rings is 2. The molecule has 2 amide bonds. The summed E-state index contributed by atoms with van der Waals surface area (Å²) in [4.78, 5) is 30.5. The van der Waals surface area contributed by atoms with E-state index in [1.807, 2.05) is 43.5 Å². The van der Waals surface area contributed by atoms with Gasteiger partial charge in [0.2, 0.25) is 11.8 Å². The Bertz CT molecular complexity index is 1020. The summed E-state index contributed by atoms with van der Waals surface area (Å²) in [5.74, 6) is -0.331. The van der Waals surface area contributed by atoms with E-state index in [1.165, 1.54) is 5.56 Å². The Balaban J connectivity index is 1.68. The van der Waals surface area contributed by atoms with Gasteiger partial charge < -0.3 is 15.2 Å². The van der Waals surface area contributed by atoms with Crippen LogP contribution in [0.25, 0.3) is 10.9 Å². The summed E-state index contributed by atoms with van der Waals surface area (Å²) in [5.41, 5.74) is 4.78. The van der Waals surface area contributed by atoms with Crippen molar-refractivity contribution in [1.82, 2.24) is 4.98 Å². The van der Waals surface area contributed by atoms with Crippen LogP contribution < -0.4 is 10.2 Å². The standard InChI is InChI=1S/C22H23N3O2/c1-3-15-7-6-8-17-16(12-23-21(15)17)11-20(26)25-13-14(2)22(27)24-18-9-4-5-10-19(18)25/h4-10,12,14,23H,3,11,13H2,1-2H3,(H,24,27). The zero-order chi connectivity index (χ0) is 19.0. The molecule has 2 N–H and O–H groups in total. The van der Waals surface area contributed by atoms with Gasteiger partial charge in [-0.05, 0) is 29.7 Å². The number of aryl methyl sites for hydroxylation is 1. The van der Waals surface area contributed by atoms with Crippen LogP contribution in [-0.4, -0.2) is 23.3 Å². The first-order valence-electron chi connectivity index (χ1n) is 9.36. The minimum atomic E-state index is -0.268. The van der Waals surface area contributed by atoms with Crippen LogP contribution in [0.2, 0.25) is 0 Å². The topological polar surface area (TPSA) is 65.2 Å². The van der Waals surface area contributed by atoms with E-state index >= 15 is 0 Å². The van der Waals surface area contributed by atoms with Gasteiger partial charge in [-0.3, -0.25) is 9.59 Å². The molecule has 0 radical (unpaired) electrons. The average Bonchev–Trinajstić information content (AvgIpc) is 3.03. The molecule has 2 heterocycles. The van der Waals surface area contributed by atoms with E-state index in [2.05, 4.69) is 29.4 Å². The Morgan fingerprint density at radius 2 is 1.96 bits per heavy atom. The van der Waals surface area contributed by atoms with Gasteiger partial charge >= 0.3 is 0 Å². The van der Waals surface area contributed by atoms with Gasteiger partial charge in [0.25, 0.3) is 0 Å². The minimum Gasteiger partial charge on any atom is -0.361 e. The molecule has 1 unspecified atom stereocenters. The van der Waals surface area contributed by atoms with Crippen LogP contribution in [0.3, 0.4) is 0 Å². The molecule has 2 aromatic carbocycles. The highest BCUT2D eigenvalue weighted by molar-refractivity contribution is 6.05. The molecule has 0 bridgehead atoms. The highest BCUT2D eigenvalue weighted by Gasteiger charge is 2.28. The van der Waals surface area contributed by atoms with Crippen molar-refractivity contribution in [2.24, 2.45) is 5.92 Å². The van der Waals surface area contributed by atoms with E-state index in [0.717, 1.165) is 28.6 Å². The third-order valence-corrected chi connectivity index (χ3v) is 5.27. The second kappa shape index (κ2) is 6.91. The fourth-order valence-corrected chi connectivity index (χ4v) is 3.74. The largest absolute Gasteiger partial charge is 0.361 e. The number of rotatable bonds is 3. The molecule has 27 heavy (non-hydrogen) atoms. The summed E-state index contributed by atoms with van der Waals surface area (Å²) in [6.45, 7) is 4.35. The fraction of sp³-hybridized carbons (Fsp3) is 0.273. The number of amides is 2. The van der Waals surface area contributed by atoms with Crippen LogP contribution in [0.15, 0.2) is 48.7 Å². The summed E-state index contributed by atoms with van der Waals surface area (Å²) >= 11 is 0. The molecule has 5 nitrogen and oxygen atoms in total. The number of aromatic amines is 1. The highest BCUT2D eigenvalue weighted by atomic mass is 16.2. The molecule has 4 rings (SSSR count). The molecular formula is C22H23N3O2. The predicted molar refractivity (Wildman–Crippen MR) is 108 cm³/mol. The number of carbonyl (C=O) groups is 2. The van der Waals surface area contributed by atoms with Crippen molar-refractivity contribution >= 4 is 34.1 Å². The summed E-state index contributed by atoms with van der Waals surface area (Å²) in [6, 6.07) is 13.7. The molecule has 138 valence electrons. The Labute approximate surface area is 158 Å². The minimum absolute atomic E-state index is 0.00592. The molecule has 0 spiro atoms. The average molecular weight is 361 g/mol. The predicted octanol–water partition coefficient (Wildman–Crippen LogP) is 3.89. The number of para-hydroxylation sites is 3. The zero-order valence-corrected chi connectivity index (χ0v) is 15.6. The number of nitrogens with one attached hydrogen (secondary N) is 2. The van der Waals surface area contributed by atoms with Crippen LogP contribution >= 0.6 is 0 Å². The molecule has 0 aliphatic carbocycles. The summed E-state index contributed by atoms with van der Waals surface area (Å²) in [7, 11) is 0. The molecule has 5 heteroatoms. The van der Waals surface area contributed by atoms with E-state index in [-0.39, 0.29) is 17.7 Å². The van der Waals surface area contributed by atoms with Crippen molar-refractivity contribution in [3.05, 3.63) is 59.8 Å². The number of hydrogen-bond acceptors (Lipinski definition) is 2. The Kier molecular flexibility index (Phi) is 4.44. The second-order valence-electron chi connectivity index (χ2n) is 7.10. The first-order valence-corrected chi connectivity index (χ1v) is 9.36. The van der Waals surface area contributed by atoms with Gasteiger partial charge in [0, 0.05) is 23.6 Å². The van der Waals surface area contributed by atoms with E-state index in [9.17, 15) is 9.59 Å². The number of carbonyl (C=O) groups excluding carboxylic acids is 2. The number of anilines is 2. The third kappa shape index (κ3) is 3.10. The summed E-state index contributed by atoms with van der Waals surface area (Å²) < 4.78 is 0. The third-order valence-electron chi connectivity index (χ3n) is 5.27. The van der Waals surface area contributed by atoms with Crippen LogP contribution in [-0.2, 0) is 22.4 Å². The molecule has 3 aromatic rings. The van der Waals surface area contributed by atoms with Crippen LogP contribution in [0.1, 0.15) is 25.0 Å². The first-order chi connectivity index (χ1) is 13.1. The van der Waals surface area contributed by atoms with Crippen molar-refractivity contribution in [2.75, 3.05) is 16.8 Å². The van der Waals surface area contributed by atoms with Crippen LogP contribution in [0, 0.1) is 5.92 Å². The van der Waals surface area contributed by atoms with Crippen molar-refractivity contribution in [2.45, 2.75) is 26.7 Å². The van der Waals surface area contributed by atoms with E-state index < -0.39 is 0 Å². The van der Waals surface area contributed by atoms with E-state index in [1.54, 1.807) is 4.90 Å². The second-order valence-corrected chi connectivity index (χ2v) is 7.10. The van der Waals surface area contributed by atoms with Gasteiger partial charge in [-0.2, -0.15) is 0 Å². The Morgan fingerprint density at radius 1 is 1.15 bits per heavy atom. The number of nitrogens with zero attached hydrogens (tertiary/aromatic N) is 1. The number of H-pyrrole nitrogens is 1. The maximum Gasteiger partial charge on any atom is 0.231 e. The lowest BCUT2D eigenvalue weighted by Gasteiger charge is -2.23. The van der Waals surface area contributed by atoms with Gasteiger partial charge in [-0.1, -0.05) is 44.2 Å². The Hall–Kier alpha value is -3.08. The molecular weight excluding hydrogens is 338 g/mol. The molecule has 0 saturated carbocycles. The molecule has 1 aliphatic heterocycles. The normalized spacial score (nSPS) is 16.7. The SMILES string of the molecule is CCc1cccc2c(CC(=O)N3CC(C)C(=O)Nc4ccccc43)c[nH]c12. The van der Waals surface area contributed by atoms with E-state index in [4.69, 9.17) is 0 Å². The molecule has 1 aliphatic rings. The molecule has 1 aromatic heterocycles. The van der Waals surface area contributed by atoms with Gasteiger partial charge in [-0.25, -0.2) is 0 Å². The monoisotopic (exact) mass is 361 g/mol. The lowest BCUT2D eigenvalue weighted by Crippen LogP contribution is -2.36. The van der Waals surface area contributed by atoms with Gasteiger partial charge in [0.1, 0.15) is 0 Å². The molecule has 0 saturated heterocycles. The number of fused-ring (bicyclic) bond motifs is 2. The summed E-state index contributed by atoms with van der Waals surface area (Å²) in [5, 5.41) is 4.01. The molecule has 0 fully saturated rings. The number of hydrogen-bond donors (Lipinski definition) is 2. The number of aromatic nitrogens is 1.